The number of amides is 2. The summed E-state index contributed by atoms with van der Waals surface area (Å²) < 4.78 is 13.7. The maximum absolute atomic E-state index is 12.8. The van der Waals surface area contributed by atoms with Crippen LogP contribution in [0.2, 0.25) is 0 Å². The molecule has 32 heavy (non-hydrogen) atoms. The number of benzene rings is 1. The molecule has 9 heteroatoms. The number of aryl methyl sites for hydroxylation is 1. The normalized spacial score (nSPS) is 13.8. The van der Waals surface area contributed by atoms with Crippen LogP contribution in [-0.4, -0.2) is 38.7 Å². The van der Waals surface area contributed by atoms with Gasteiger partial charge in [0.05, 0.1) is 6.20 Å². The number of fused-ring (bicyclic) bond motifs is 1. The van der Waals surface area contributed by atoms with Crippen molar-refractivity contribution in [1.82, 2.24) is 20.1 Å². The van der Waals surface area contributed by atoms with Crippen LogP contribution >= 0.6 is 0 Å². The lowest BCUT2D eigenvalue weighted by Crippen LogP contribution is -2.24. The molecule has 2 aromatic heterocycles. The highest BCUT2D eigenvalue weighted by Gasteiger charge is 2.34. The van der Waals surface area contributed by atoms with Crippen LogP contribution in [0.25, 0.3) is 0 Å². The first kappa shape index (κ1) is 21.4. The highest BCUT2D eigenvalue weighted by molar-refractivity contribution is 6.04. The molecule has 2 N–H and O–H groups in total. The number of aromatic nitrogens is 3. The van der Waals surface area contributed by atoms with Gasteiger partial charge in [0.1, 0.15) is 28.5 Å². The van der Waals surface area contributed by atoms with Gasteiger partial charge in [-0.3, -0.25) is 14.3 Å². The van der Waals surface area contributed by atoms with Gasteiger partial charge in [-0.25, -0.2) is 4.98 Å². The minimum atomic E-state index is -0.420. The fourth-order valence-corrected chi connectivity index (χ4v) is 3.49. The van der Waals surface area contributed by atoms with Gasteiger partial charge in [0.15, 0.2) is 5.82 Å². The Bertz CT molecular complexity index is 1170. The summed E-state index contributed by atoms with van der Waals surface area (Å²) >= 11 is 0. The first-order valence-electron chi connectivity index (χ1n) is 10.3. The van der Waals surface area contributed by atoms with E-state index in [2.05, 4.69) is 20.7 Å². The molecule has 1 aromatic carbocycles. The Balaban J connectivity index is 1.62. The SMILES string of the molecule is CCNC(=O)c1ccc(Oc2cc(C(=O)Nc3ccn(C)n3)cc3c2CC(C)(C)O3)cn1. The Morgan fingerprint density at radius 1 is 1.22 bits per heavy atom. The van der Waals surface area contributed by atoms with Crippen LogP contribution in [-0.2, 0) is 13.5 Å². The number of carbonyl (C=O) groups is 2. The van der Waals surface area contributed by atoms with Gasteiger partial charge in [0, 0.05) is 43.4 Å². The second kappa shape index (κ2) is 8.33. The number of hydrogen-bond donors (Lipinski definition) is 2. The van der Waals surface area contributed by atoms with Crippen LogP contribution in [0.15, 0.2) is 42.7 Å². The molecule has 0 bridgehead atoms. The van der Waals surface area contributed by atoms with Gasteiger partial charge in [0.25, 0.3) is 11.8 Å². The molecule has 1 aliphatic rings. The molecule has 0 spiro atoms. The molecule has 0 radical (unpaired) electrons. The molecule has 1 aliphatic heterocycles. The average Bonchev–Trinajstić information content (AvgIpc) is 3.29. The molecule has 0 atom stereocenters. The van der Waals surface area contributed by atoms with Crippen LogP contribution in [0.3, 0.4) is 0 Å². The fourth-order valence-electron chi connectivity index (χ4n) is 3.49. The largest absolute Gasteiger partial charge is 0.487 e. The number of ether oxygens (including phenoxy) is 2. The van der Waals surface area contributed by atoms with Crippen molar-refractivity contribution in [2.45, 2.75) is 32.8 Å². The average molecular weight is 435 g/mol. The summed E-state index contributed by atoms with van der Waals surface area (Å²) in [6.45, 7) is 6.32. The van der Waals surface area contributed by atoms with Gasteiger partial charge in [-0.2, -0.15) is 5.10 Å². The number of anilines is 1. The van der Waals surface area contributed by atoms with Gasteiger partial charge in [-0.05, 0) is 45.0 Å². The molecule has 0 unspecified atom stereocenters. The first-order valence-corrected chi connectivity index (χ1v) is 10.3. The van der Waals surface area contributed by atoms with Crippen molar-refractivity contribution in [3.05, 3.63) is 59.5 Å². The van der Waals surface area contributed by atoms with Gasteiger partial charge in [-0.15, -0.1) is 0 Å². The lowest BCUT2D eigenvalue weighted by molar-refractivity contribution is 0.0950. The van der Waals surface area contributed by atoms with Crippen molar-refractivity contribution in [3.8, 4) is 17.2 Å². The quantitative estimate of drug-likeness (QED) is 0.615. The highest BCUT2D eigenvalue weighted by atomic mass is 16.5. The monoisotopic (exact) mass is 435 g/mol. The number of rotatable bonds is 6. The number of nitrogens with one attached hydrogen (secondary N) is 2. The smallest absolute Gasteiger partial charge is 0.269 e. The standard InChI is InChI=1S/C23H25N5O4/c1-5-24-22(30)17-7-6-15(13-25-17)31-18-10-14(11-19-16(18)12-23(2,3)32-19)21(29)26-20-8-9-28(4)27-20/h6-11,13H,5,12H2,1-4H3,(H,24,30)(H,26,27,29). The zero-order valence-electron chi connectivity index (χ0n) is 18.4. The van der Waals surface area contributed by atoms with E-state index in [1.54, 1.807) is 48.3 Å². The van der Waals surface area contributed by atoms with Crippen molar-refractivity contribution in [2.24, 2.45) is 7.05 Å². The molecule has 2 amide bonds. The number of nitrogens with zero attached hydrogens (tertiary/aromatic N) is 3. The molecule has 166 valence electrons. The predicted molar refractivity (Wildman–Crippen MR) is 118 cm³/mol. The summed E-state index contributed by atoms with van der Waals surface area (Å²) in [6.07, 6.45) is 3.86. The van der Waals surface area contributed by atoms with Gasteiger partial charge >= 0.3 is 0 Å². The lowest BCUT2D eigenvalue weighted by atomic mass is 9.99. The van der Waals surface area contributed by atoms with Crippen molar-refractivity contribution >= 4 is 17.6 Å². The molecule has 3 heterocycles. The molecular weight excluding hydrogens is 410 g/mol. The predicted octanol–water partition coefficient (Wildman–Crippen LogP) is 3.32. The molecular formula is C23H25N5O4. The molecule has 3 aromatic rings. The molecule has 0 saturated carbocycles. The highest BCUT2D eigenvalue weighted by Crippen LogP contribution is 2.43. The topological polar surface area (TPSA) is 107 Å². The van der Waals surface area contributed by atoms with Crippen molar-refractivity contribution in [1.29, 1.82) is 0 Å². The Hall–Kier alpha value is -3.88. The maximum atomic E-state index is 12.8. The van der Waals surface area contributed by atoms with E-state index in [1.807, 2.05) is 20.8 Å². The van der Waals surface area contributed by atoms with Crippen LogP contribution < -0.4 is 20.1 Å². The summed E-state index contributed by atoms with van der Waals surface area (Å²) in [6, 6.07) is 8.37. The molecule has 0 saturated heterocycles. The van der Waals surface area contributed by atoms with Crippen LogP contribution in [0.4, 0.5) is 5.82 Å². The third-order valence-electron chi connectivity index (χ3n) is 4.91. The van der Waals surface area contributed by atoms with Gasteiger partial charge in [-0.1, -0.05) is 0 Å². The fraction of sp³-hybridized carbons (Fsp3) is 0.304. The third-order valence-corrected chi connectivity index (χ3v) is 4.91. The molecule has 4 rings (SSSR count). The summed E-state index contributed by atoms with van der Waals surface area (Å²) in [5.41, 5.74) is 1.14. The molecule has 0 aliphatic carbocycles. The third kappa shape index (κ3) is 4.56. The first-order chi connectivity index (χ1) is 15.2. The minimum Gasteiger partial charge on any atom is -0.487 e. The number of carbonyl (C=O) groups excluding carboxylic acids is 2. The van der Waals surface area contributed by atoms with Crippen LogP contribution in [0.5, 0.6) is 17.2 Å². The van der Waals surface area contributed by atoms with E-state index < -0.39 is 5.60 Å². The number of pyridine rings is 1. The Morgan fingerprint density at radius 3 is 2.69 bits per heavy atom. The summed E-state index contributed by atoms with van der Waals surface area (Å²) in [7, 11) is 1.78. The number of hydrogen-bond acceptors (Lipinski definition) is 6. The van der Waals surface area contributed by atoms with Gasteiger partial charge in [0.2, 0.25) is 0 Å². The maximum Gasteiger partial charge on any atom is 0.269 e. The van der Waals surface area contributed by atoms with Crippen molar-refractivity contribution < 1.29 is 19.1 Å². The van der Waals surface area contributed by atoms with E-state index in [4.69, 9.17) is 9.47 Å². The summed E-state index contributed by atoms with van der Waals surface area (Å²) in [5, 5.41) is 9.66. The second-order valence-corrected chi connectivity index (χ2v) is 8.16. The van der Waals surface area contributed by atoms with E-state index in [9.17, 15) is 9.59 Å². The van der Waals surface area contributed by atoms with Crippen LogP contribution in [0, 0.1) is 0 Å². The van der Waals surface area contributed by atoms with Crippen molar-refractivity contribution in [2.75, 3.05) is 11.9 Å². The minimum absolute atomic E-state index is 0.247. The lowest BCUT2D eigenvalue weighted by Gasteiger charge is -2.16. The zero-order valence-corrected chi connectivity index (χ0v) is 18.4. The summed E-state index contributed by atoms with van der Waals surface area (Å²) in [4.78, 5) is 28.9. The second-order valence-electron chi connectivity index (χ2n) is 8.16. The van der Waals surface area contributed by atoms with Gasteiger partial charge < -0.3 is 20.1 Å². The summed E-state index contributed by atoms with van der Waals surface area (Å²) in [5.74, 6) is 1.44. The zero-order chi connectivity index (χ0) is 22.9. The Morgan fingerprint density at radius 2 is 2.03 bits per heavy atom. The molecule has 0 fully saturated rings. The van der Waals surface area contributed by atoms with E-state index in [0.29, 0.717) is 47.3 Å². The van der Waals surface area contributed by atoms with E-state index in [1.165, 1.54) is 6.20 Å². The van der Waals surface area contributed by atoms with Crippen molar-refractivity contribution in [3.63, 3.8) is 0 Å². The Labute approximate surface area is 185 Å². The Kier molecular flexibility index (Phi) is 5.56. The van der Waals surface area contributed by atoms with E-state index >= 15 is 0 Å². The van der Waals surface area contributed by atoms with E-state index in [-0.39, 0.29) is 11.8 Å². The molecule has 9 nitrogen and oxygen atoms in total. The van der Waals surface area contributed by atoms with Crippen LogP contribution in [0.1, 0.15) is 47.2 Å². The van der Waals surface area contributed by atoms with E-state index in [0.717, 1.165) is 5.56 Å².